The zero-order valence-corrected chi connectivity index (χ0v) is 12.0. The molecule has 0 unspecified atom stereocenters. The lowest BCUT2D eigenvalue weighted by atomic mass is 10.4. The van der Waals surface area contributed by atoms with Crippen LogP contribution in [0.25, 0.3) is 5.82 Å². The quantitative estimate of drug-likeness (QED) is 0.803. The highest BCUT2D eigenvalue weighted by Crippen LogP contribution is 2.10. The number of carbonyl (C=O) groups is 1. The Morgan fingerprint density at radius 3 is 2.85 bits per heavy atom. The molecule has 0 radical (unpaired) electrons. The zero-order valence-electron chi connectivity index (χ0n) is 11.2. The summed E-state index contributed by atoms with van der Waals surface area (Å²) in [6.07, 6.45) is 8.96. The number of nitrogens with zero attached hydrogens (tertiary/aromatic N) is 5. The van der Waals surface area contributed by atoms with Crippen LogP contribution in [0.1, 0.15) is 17.7 Å². The average molecular weight is 289 g/mol. The van der Waals surface area contributed by atoms with Crippen LogP contribution >= 0.6 is 11.3 Å². The zero-order chi connectivity index (χ0) is 13.9. The van der Waals surface area contributed by atoms with E-state index >= 15 is 0 Å². The topological polar surface area (TPSA) is 63.4 Å². The van der Waals surface area contributed by atoms with Crippen molar-refractivity contribution < 1.29 is 4.79 Å². The molecule has 0 atom stereocenters. The number of hydrogen-bond acceptors (Lipinski definition) is 4. The Balaban J connectivity index is 1.99. The van der Waals surface area contributed by atoms with Crippen LogP contribution in [-0.4, -0.2) is 38.6 Å². The van der Waals surface area contributed by atoms with Gasteiger partial charge in [0.2, 0.25) is 4.80 Å². The van der Waals surface area contributed by atoms with Crippen LogP contribution in [0.15, 0.2) is 29.8 Å². The van der Waals surface area contributed by atoms with Crippen LogP contribution in [0.2, 0.25) is 0 Å². The number of hydrogen-bond donors (Lipinski definition) is 0. The van der Waals surface area contributed by atoms with E-state index < -0.39 is 0 Å². The Labute approximate surface area is 120 Å². The fraction of sp³-hybridized carbons (Fsp3) is 0.385. The summed E-state index contributed by atoms with van der Waals surface area (Å²) in [6.45, 7) is 3.59. The molecule has 0 aliphatic carbocycles. The van der Waals surface area contributed by atoms with E-state index in [1.54, 1.807) is 28.1 Å². The summed E-state index contributed by atoms with van der Waals surface area (Å²) in [5, 5.41) is 0. The first-order chi connectivity index (χ1) is 9.74. The third-order valence-electron chi connectivity index (χ3n) is 3.13. The van der Waals surface area contributed by atoms with E-state index in [2.05, 4.69) is 15.0 Å². The Bertz CT molecular complexity index is 670. The monoisotopic (exact) mass is 289 g/mol. The summed E-state index contributed by atoms with van der Waals surface area (Å²) in [5.74, 6) is 0.671. The molecule has 0 N–H and O–H groups in total. The number of rotatable bonds is 1. The molecule has 7 heteroatoms. The maximum Gasteiger partial charge on any atom is 0.346 e. The van der Waals surface area contributed by atoms with E-state index in [9.17, 15) is 4.79 Å². The first-order valence-electron chi connectivity index (χ1n) is 6.53. The van der Waals surface area contributed by atoms with E-state index in [0.29, 0.717) is 10.6 Å². The van der Waals surface area contributed by atoms with Gasteiger partial charge in [0.15, 0.2) is 5.82 Å². The number of carbonyl (C=O) groups excluding carboxylic acids is 1. The molecule has 1 aliphatic rings. The van der Waals surface area contributed by atoms with Crippen molar-refractivity contribution in [3.8, 4) is 5.82 Å². The molecule has 0 saturated carbocycles. The highest BCUT2D eigenvalue weighted by atomic mass is 32.1. The minimum Gasteiger partial charge on any atom is -0.323 e. The molecule has 1 fully saturated rings. The largest absolute Gasteiger partial charge is 0.346 e. The van der Waals surface area contributed by atoms with E-state index in [1.165, 1.54) is 11.3 Å². The van der Waals surface area contributed by atoms with Gasteiger partial charge in [0.05, 0.1) is 6.20 Å². The van der Waals surface area contributed by atoms with Crippen molar-refractivity contribution in [2.45, 2.75) is 19.8 Å². The van der Waals surface area contributed by atoms with Crippen LogP contribution in [0.3, 0.4) is 0 Å². The highest BCUT2D eigenvalue weighted by Gasteiger charge is 2.17. The Kier molecular flexibility index (Phi) is 3.60. The SMILES string of the molecule is Cc1cn(-c2cnccn2)/c(=N/C(=O)N2CCCC2)s1. The van der Waals surface area contributed by atoms with Crippen molar-refractivity contribution in [1.29, 1.82) is 0 Å². The van der Waals surface area contributed by atoms with E-state index in [0.717, 1.165) is 30.8 Å². The lowest BCUT2D eigenvalue weighted by Gasteiger charge is -2.10. The average Bonchev–Trinajstić information content (AvgIpc) is 3.09. The summed E-state index contributed by atoms with van der Waals surface area (Å²) >= 11 is 1.48. The molecule has 20 heavy (non-hydrogen) atoms. The molecular weight excluding hydrogens is 274 g/mol. The summed E-state index contributed by atoms with van der Waals surface area (Å²) in [6, 6.07) is -0.165. The second-order valence-electron chi connectivity index (χ2n) is 4.65. The standard InChI is InChI=1S/C13H15N5OS/c1-10-9-18(11-8-14-4-5-15-11)13(20-10)16-12(19)17-6-2-3-7-17/h4-5,8-9H,2-3,6-7H2,1H3/b16-13-. The Morgan fingerprint density at radius 1 is 1.35 bits per heavy atom. The highest BCUT2D eigenvalue weighted by molar-refractivity contribution is 7.09. The normalized spacial score (nSPS) is 15.8. The number of amides is 2. The van der Waals surface area contributed by atoms with Crippen LogP contribution in [-0.2, 0) is 0 Å². The lowest BCUT2D eigenvalue weighted by Crippen LogP contribution is -2.27. The molecule has 6 nitrogen and oxygen atoms in total. The summed E-state index contributed by atoms with van der Waals surface area (Å²) < 4.78 is 1.81. The van der Waals surface area contributed by atoms with Gasteiger partial charge < -0.3 is 4.90 Å². The Hall–Kier alpha value is -2.02. The molecule has 0 aromatic carbocycles. The van der Waals surface area contributed by atoms with Gasteiger partial charge in [-0.25, -0.2) is 9.78 Å². The number of aryl methyl sites for hydroxylation is 1. The second-order valence-corrected chi connectivity index (χ2v) is 5.86. The van der Waals surface area contributed by atoms with E-state index in [1.807, 2.05) is 13.1 Å². The molecule has 0 bridgehead atoms. The lowest BCUT2D eigenvalue weighted by molar-refractivity contribution is 0.218. The molecule has 2 aromatic heterocycles. The Morgan fingerprint density at radius 2 is 2.15 bits per heavy atom. The van der Waals surface area contributed by atoms with Gasteiger partial charge >= 0.3 is 6.03 Å². The van der Waals surface area contributed by atoms with Crippen molar-refractivity contribution >= 4 is 17.4 Å². The molecule has 0 spiro atoms. The smallest absolute Gasteiger partial charge is 0.323 e. The van der Waals surface area contributed by atoms with Crippen molar-refractivity contribution in [3.63, 3.8) is 0 Å². The first-order valence-corrected chi connectivity index (χ1v) is 7.35. The fourth-order valence-electron chi connectivity index (χ4n) is 2.17. The van der Waals surface area contributed by atoms with Crippen molar-refractivity contribution in [1.82, 2.24) is 19.4 Å². The van der Waals surface area contributed by atoms with Gasteiger partial charge in [-0.2, -0.15) is 4.99 Å². The second kappa shape index (κ2) is 5.54. The summed E-state index contributed by atoms with van der Waals surface area (Å²) in [4.78, 5) is 28.2. The number of likely N-dealkylation sites (tertiary alicyclic amines) is 1. The van der Waals surface area contributed by atoms with Gasteiger partial charge in [-0.3, -0.25) is 9.55 Å². The maximum atomic E-state index is 12.1. The molecule has 2 aromatic rings. The van der Waals surface area contributed by atoms with Gasteiger partial charge in [0.1, 0.15) is 0 Å². The number of thiazole rings is 1. The van der Waals surface area contributed by atoms with Gasteiger partial charge in [0.25, 0.3) is 0 Å². The third kappa shape index (κ3) is 2.62. The molecule has 104 valence electrons. The first kappa shape index (κ1) is 13.0. The van der Waals surface area contributed by atoms with Crippen molar-refractivity contribution in [3.05, 3.63) is 34.5 Å². The molecule has 2 amide bonds. The predicted octanol–water partition coefficient (Wildman–Crippen LogP) is 1.75. The molecule has 1 saturated heterocycles. The van der Waals surface area contributed by atoms with Crippen LogP contribution in [0, 0.1) is 6.92 Å². The molecular formula is C13H15N5OS. The minimum atomic E-state index is -0.165. The van der Waals surface area contributed by atoms with Crippen LogP contribution < -0.4 is 4.80 Å². The van der Waals surface area contributed by atoms with Gasteiger partial charge in [0, 0.05) is 36.6 Å². The third-order valence-corrected chi connectivity index (χ3v) is 4.03. The molecule has 1 aliphatic heterocycles. The van der Waals surface area contributed by atoms with Gasteiger partial charge in [-0.15, -0.1) is 11.3 Å². The van der Waals surface area contributed by atoms with Crippen LogP contribution in [0.5, 0.6) is 0 Å². The minimum absolute atomic E-state index is 0.165. The molecule has 3 rings (SSSR count). The maximum absolute atomic E-state index is 12.1. The van der Waals surface area contributed by atoms with E-state index in [-0.39, 0.29) is 6.03 Å². The van der Waals surface area contributed by atoms with E-state index in [4.69, 9.17) is 0 Å². The number of urea groups is 1. The summed E-state index contributed by atoms with van der Waals surface area (Å²) in [5.41, 5.74) is 0. The van der Waals surface area contributed by atoms with Crippen LogP contribution in [0.4, 0.5) is 4.79 Å². The molecule has 3 heterocycles. The number of aromatic nitrogens is 3. The fourth-order valence-corrected chi connectivity index (χ4v) is 2.99. The predicted molar refractivity (Wildman–Crippen MR) is 75.7 cm³/mol. The van der Waals surface area contributed by atoms with Gasteiger partial charge in [-0.05, 0) is 19.8 Å². The van der Waals surface area contributed by atoms with Crippen molar-refractivity contribution in [2.24, 2.45) is 4.99 Å². The van der Waals surface area contributed by atoms with Crippen molar-refractivity contribution in [2.75, 3.05) is 13.1 Å². The summed E-state index contributed by atoms with van der Waals surface area (Å²) in [7, 11) is 0. The van der Waals surface area contributed by atoms with Gasteiger partial charge in [-0.1, -0.05) is 0 Å².